The average molecular weight is 281 g/mol. The molecule has 5 heteroatoms. The Kier molecular flexibility index (Phi) is 4.08. The van der Waals surface area contributed by atoms with Gasteiger partial charge >= 0.3 is 0 Å². The molecule has 0 fully saturated rings. The van der Waals surface area contributed by atoms with E-state index in [0.717, 1.165) is 11.1 Å². The van der Waals surface area contributed by atoms with E-state index in [1.165, 1.54) is 0 Å². The Hall–Kier alpha value is -1.17. The first-order valence-corrected chi connectivity index (χ1v) is 7.79. The molecule has 0 saturated carbocycles. The first-order chi connectivity index (χ1) is 8.92. The van der Waals surface area contributed by atoms with Crippen LogP contribution in [0.1, 0.15) is 17.5 Å². The van der Waals surface area contributed by atoms with Crippen molar-refractivity contribution in [2.24, 2.45) is 5.92 Å². The highest BCUT2D eigenvalue weighted by Gasteiger charge is 2.25. The maximum absolute atomic E-state index is 12.3. The lowest BCUT2D eigenvalue weighted by Crippen LogP contribution is -2.33. The van der Waals surface area contributed by atoms with Crippen LogP contribution in [0.2, 0.25) is 0 Å². The number of aryl methyl sites for hydroxylation is 2. The minimum Gasteiger partial charge on any atom is -0.396 e. The van der Waals surface area contributed by atoms with E-state index in [2.05, 4.69) is 4.72 Å². The first-order valence-electron chi connectivity index (χ1n) is 6.31. The normalized spacial score (nSPS) is 22.9. The highest BCUT2D eigenvalue weighted by molar-refractivity contribution is 7.89. The van der Waals surface area contributed by atoms with E-state index in [1.807, 2.05) is 25.1 Å². The van der Waals surface area contributed by atoms with E-state index in [4.69, 9.17) is 5.11 Å². The zero-order valence-corrected chi connectivity index (χ0v) is 11.9. The van der Waals surface area contributed by atoms with Crippen molar-refractivity contribution >= 4 is 10.0 Å². The fraction of sp³-hybridized carbons (Fsp3) is 0.429. The molecule has 0 aromatic heterocycles. The summed E-state index contributed by atoms with van der Waals surface area (Å²) in [5.41, 5.74) is 1.78. The molecule has 0 unspecified atom stereocenters. The zero-order chi connectivity index (χ0) is 14.0. The molecule has 19 heavy (non-hydrogen) atoms. The van der Waals surface area contributed by atoms with Gasteiger partial charge in [0.1, 0.15) is 0 Å². The van der Waals surface area contributed by atoms with Crippen LogP contribution in [0, 0.1) is 19.8 Å². The molecule has 0 bridgehead atoms. The van der Waals surface area contributed by atoms with Crippen LogP contribution < -0.4 is 4.72 Å². The predicted octanol–water partition coefficient (Wildman–Crippen LogP) is 1.52. The highest BCUT2D eigenvalue weighted by atomic mass is 32.2. The summed E-state index contributed by atoms with van der Waals surface area (Å²) in [4.78, 5) is 0.318. The number of hydrogen-bond acceptors (Lipinski definition) is 3. The zero-order valence-electron chi connectivity index (χ0n) is 11.1. The van der Waals surface area contributed by atoms with Gasteiger partial charge in [0.05, 0.1) is 4.90 Å². The molecule has 0 amide bonds. The molecule has 1 aliphatic carbocycles. The maximum Gasteiger partial charge on any atom is 0.241 e. The van der Waals surface area contributed by atoms with Gasteiger partial charge in [0, 0.05) is 18.6 Å². The van der Waals surface area contributed by atoms with E-state index < -0.39 is 10.0 Å². The van der Waals surface area contributed by atoms with Crippen LogP contribution in [0.15, 0.2) is 35.2 Å². The van der Waals surface area contributed by atoms with Crippen molar-refractivity contribution in [2.45, 2.75) is 31.2 Å². The number of benzene rings is 1. The van der Waals surface area contributed by atoms with Crippen molar-refractivity contribution in [1.82, 2.24) is 4.72 Å². The van der Waals surface area contributed by atoms with Gasteiger partial charge in [-0.25, -0.2) is 13.1 Å². The summed E-state index contributed by atoms with van der Waals surface area (Å²) in [5.74, 6) is 0.0480. The van der Waals surface area contributed by atoms with E-state index in [0.29, 0.717) is 11.3 Å². The molecule has 0 heterocycles. The van der Waals surface area contributed by atoms with Crippen molar-refractivity contribution < 1.29 is 13.5 Å². The van der Waals surface area contributed by atoms with Crippen molar-refractivity contribution in [2.75, 3.05) is 6.61 Å². The van der Waals surface area contributed by atoms with Crippen LogP contribution in [0.4, 0.5) is 0 Å². The van der Waals surface area contributed by atoms with Crippen LogP contribution in [-0.4, -0.2) is 26.2 Å². The fourth-order valence-electron chi connectivity index (χ4n) is 2.36. The SMILES string of the molecule is Cc1ccc(S(=O)(=O)N[C@@H]2C=C[C@H](CO)C2)c(C)c1. The van der Waals surface area contributed by atoms with Gasteiger partial charge in [-0.1, -0.05) is 29.8 Å². The van der Waals surface area contributed by atoms with Gasteiger partial charge in [-0.2, -0.15) is 0 Å². The number of aliphatic hydroxyl groups is 1. The molecule has 0 spiro atoms. The molecule has 2 rings (SSSR count). The van der Waals surface area contributed by atoms with Gasteiger partial charge in [-0.3, -0.25) is 0 Å². The van der Waals surface area contributed by atoms with E-state index in [1.54, 1.807) is 19.1 Å². The Balaban J connectivity index is 2.17. The molecule has 2 atom stereocenters. The number of sulfonamides is 1. The van der Waals surface area contributed by atoms with E-state index in [-0.39, 0.29) is 18.6 Å². The van der Waals surface area contributed by atoms with Crippen LogP contribution in [-0.2, 0) is 10.0 Å². The van der Waals surface area contributed by atoms with Gasteiger partial charge in [-0.05, 0) is 31.9 Å². The molecule has 0 aliphatic heterocycles. The molecule has 1 aliphatic rings. The number of rotatable bonds is 4. The van der Waals surface area contributed by atoms with Gasteiger partial charge < -0.3 is 5.11 Å². The molecule has 0 saturated heterocycles. The summed E-state index contributed by atoms with van der Waals surface area (Å²) >= 11 is 0. The smallest absolute Gasteiger partial charge is 0.241 e. The molecule has 4 nitrogen and oxygen atoms in total. The number of aliphatic hydroxyl groups excluding tert-OH is 1. The fourth-order valence-corrected chi connectivity index (χ4v) is 3.79. The van der Waals surface area contributed by atoms with Crippen molar-refractivity contribution in [1.29, 1.82) is 0 Å². The average Bonchev–Trinajstić information content (AvgIpc) is 2.75. The summed E-state index contributed by atoms with van der Waals surface area (Å²) in [5, 5.41) is 9.05. The summed E-state index contributed by atoms with van der Waals surface area (Å²) in [6, 6.07) is 5.05. The largest absolute Gasteiger partial charge is 0.396 e. The van der Waals surface area contributed by atoms with Gasteiger partial charge in [0.25, 0.3) is 0 Å². The van der Waals surface area contributed by atoms with Crippen molar-refractivity contribution in [3.05, 3.63) is 41.5 Å². The van der Waals surface area contributed by atoms with Crippen LogP contribution in [0.25, 0.3) is 0 Å². The molecular formula is C14H19NO3S. The summed E-state index contributed by atoms with van der Waals surface area (Å²) < 4.78 is 27.3. The van der Waals surface area contributed by atoms with E-state index in [9.17, 15) is 8.42 Å². The predicted molar refractivity (Wildman–Crippen MR) is 74.4 cm³/mol. The minimum absolute atomic E-state index is 0.0480. The van der Waals surface area contributed by atoms with Crippen molar-refractivity contribution in [3.8, 4) is 0 Å². The molecular weight excluding hydrogens is 262 g/mol. The lowest BCUT2D eigenvalue weighted by atomic mass is 10.1. The van der Waals surface area contributed by atoms with Gasteiger partial charge in [0.15, 0.2) is 0 Å². The second-order valence-corrected chi connectivity index (χ2v) is 6.74. The third kappa shape index (κ3) is 3.23. The minimum atomic E-state index is -3.51. The first kappa shape index (κ1) is 14.2. The van der Waals surface area contributed by atoms with Crippen LogP contribution >= 0.6 is 0 Å². The molecule has 1 aromatic rings. The Morgan fingerprint density at radius 3 is 2.63 bits per heavy atom. The summed E-state index contributed by atoms with van der Waals surface area (Å²) in [6.07, 6.45) is 4.28. The lowest BCUT2D eigenvalue weighted by Gasteiger charge is -2.14. The van der Waals surface area contributed by atoms with Crippen molar-refractivity contribution in [3.63, 3.8) is 0 Å². The Labute approximate surface area is 114 Å². The monoisotopic (exact) mass is 281 g/mol. The summed E-state index contributed by atoms with van der Waals surface area (Å²) in [7, 11) is -3.51. The second kappa shape index (κ2) is 5.45. The third-order valence-corrected chi connectivity index (χ3v) is 4.98. The van der Waals surface area contributed by atoms with Gasteiger partial charge in [0.2, 0.25) is 10.0 Å². The molecule has 2 N–H and O–H groups in total. The second-order valence-electron chi connectivity index (χ2n) is 5.06. The number of hydrogen-bond donors (Lipinski definition) is 2. The summed E-state index contributed by atoms with van der Waals surface area (Å²) in [6.45, 7) is 3.78. The Morgan fingerprint density at radius 2 is 2.05 bits per heavy atom. The molecule has 0 radical (unpaired) electrons. The highest BCUT2D eigenvalue weighted by Crippen LogP contribution is 2.21. The number of nitrogens with one attached hydrogen (secondary N) is 1. The molecule has 104 valence electrons. The molecule has 1 aromatic carbocycles. The Morgan fingerprint density at radius 1 is 1.32 bits per heavy atom. The topological polar surface area (TPSA) is 66.4 Å². The van der Waals surface area contributed by atoms with Crippen LogP contribution in [0.3, 0.4) is 0 Å². The van der Waals surface area contributed by atoms with Gasteiger partial charge in [-0.15, -0.1) is 0 Å². The third-order valence-electron chi connectivity index (χ3n) is 3.33. The Bertz CT molecular complexity index is 593. The van der Waals surface area contributed by atoms with Crippen LogP contribution in [0.5, 0.6) is 0 Å². The maximum atomic E-state index is 12.3. The standard InChI is InChI=1S/C14H19NO3S/c1-10-3-6-14(11(2)7-10)19(17,18)15-13-5-4-12(8-13)9-16/h3-7,12-13,15-16H,8-9H2,1-2H3/t12-,13+/m0/s1. The lowest BCUT2D eigenvalue weighted by molar-refractivity contribution is 0.248. The van der Waals surface area contributed by atoms with E-state index >= 15 is 0 Å². The quantitative estimate of drug-likeness (QED) is 0.822.